The van der Waals surface area contributed by atoms with Crippen molar-refractivity contribution in [2.75, 3.05) is 26.7 Å². The number of carbonyl (C=O) groups is 1. The molecule has 0 aromatic heterocycles. The third-order valence-electron chi connectivity index (χ3n) is 4.51. The van der Waals surface area contributed by atoms with Gasteiger partial charge < -0.3 is 9.64 Å². The minimum atomic E-state index is 0.00806. The SMILES string of the molecule is CC(C)C1CCN(C)CC1.CC(C)CC1CCOC1=O. The van der Waals surface area contributed by atoms with Crippen LogP contribution in [0.4, 0.5) is 0 Å². The molecule has 0 aromatic rings. The van der Waals surface area contributed by atoms with E-state index in [0.717, 1.165) is 24.7 Å². The maximum absolute atomic E-state index is 10.9. The summed E-state index contributed by atoms with van der Waals surface area (Å²) in [7, 11) is 2.22. The Hall–Kier alpha value is -0.570. The summed E-state index contributed by atoms with van der Waals surface area (Å²) in [6, 6.07) is 0. The van der Waals surface area contributed by atoms with Crippen molar-refractivity contribution in [2.24, 2.45) is 23.7 Å². The molecule has 2 aliphatic heterocycles. The van der Waals surface area contributed by atoms with Crippen LogP contribution >= 0.6 is 0 Å². The highest BCUT2D eigenvalue weighted by Crippen LogP contribution is 2.23. The summed E-state index contributed by atoms with van der Waals surface area (Å²) in [5.74, 6) is 2.70. The molecule has 0 aliphatic carbocycles. The fraction of sp³-hybridized carbons (Fsp3) is 0.941. The highest BCUT2D eigenvalue weighted by atomic mass is 16.5. The summed E-state index contributed by atoms with van der Waals surface area (Å²) < 4.78 is 4.83. The normalized spacial score (nSPS) is 24.8. The van der Waals surface area contributed by atoms with Gasteiger partial charge >= 0.3 is 5.97 Å². The van der Waals surface area contributed by atoms with Gasteiger partial charge in [-0.15, -0.1) is 0 Å². The van der Waals surface area contributed by atoms with Crippen molar-refractivity contribution in [1.82, 2.24) is 4.90 Å². The van der Waals surface area contributed by atoms with Crippen molar-refractivity contribution in [3.8, 4) is 0 Å². The molecule has 3 heteroatoms. The summed E-state index contributed by atoms with van der Waals surface area (Å²) in [5.41, 5.74) is 0. The van der Waals surface area contributed by atoms with E-state index >= 15 is 0 Å². The van der Waals surface area contributed by atoms with Crippen LogP contribution in [0, 0.1) is 23.7 Å². The number of rotatable bonds is 3. The Kier molecular flexibility index (Phi) is 7.57. The molecule has 0 spiro atoms. The average Bonchev–Trinajstić information content (AvgIpc) is 2.75. The highest BCUT2D eigenvalue weighted by Gasteiger charge is 2.26. The number of likely N-dealkylation sites (tertiary alicyclic amines) is 1. The number of carbonyl (C=O) groups excluding carboxylic acids is 1. The number of esters is 1. The summed E-state index contributed by atoms with van der Waals surface area (Å²) in [4.78, 5) is 13.3. The zero-order valence-corrected chi connectivity index (χ0v) is 14.0. The number of hydrogen-bond donors (Lipinski definition) is 0. The van der Waals surface area contributed by atoms with Gasteiger partial charge in [-0.25, -0.2) is 0 Å². The molecule has 118 valence electrons. The van der Waals surface area contributed by atoms with Crippen molar-refractivity contribution < 1.29 is 9.53 Å². The van der Waals surface area contributed by atoms with Gasteiger partial charge in [-0.2, -0.15) is 0 Å². The van der Waals surface area contributed by atoms with E-state index in [9.17, 15) is 4.79 Å². The van der Waals surface area contributed by atoms with Crippen molar-refractivity contribution in [3.05, 3.63) is 0 Å². The molecule has 2 fully saturated rings. The van der Waals surface area contributed by atoms with Gasteiger partial charge in [0.05, 0.1) is 12.5 Å². The summed E-state index contributed by atoms with van der Waals surface area (Å²) in [6.07, 6.45) is 4.73. The molecule has 0 radical (unpaired) electrons. The van der Waals surface area contributed by atoms with Gasteiger partial charge in [-0.3, -0.25) is 4.79 Å². The Labute approximate surface area is 125 Å². The molecule has 20 heavy (non-hydrogen) atoms. The summed E-state index contributed by atoms with van der Waals surface area (Å²) >= 11 is 0. The number of cyclic esters (lactones) is 1. The smallest absolute Gasteiger partial charge is 0.309 e. The predicted molar refractivity (Wildman–Crippen MR) is 83.6 cm³/mol. The van der Waals surface area contributed by atoms with Crippen LogP contribution < -0.4 is 0 Å². The van der Waals surface area contributed by atoms with Crippen molar-refractivity contribution in [1.29, 1.82) is 0 Å². The molecule has 2 aliphatic rings. The molecular weight excluding hydrogens is 250 g/mol. The fourth-order valence-corrected chi connectivity index (χ4v) is 3.02. The molecule has 2 rings (SSSR count). The Morgan fingerprint density at radius 1 is 1.15 bits per heavy atom. The van der Waals surface area contributed by atoms with E-state index in [0.29, 0.717) is 12.5 Å². The van der Waals surface area contributed by atoms with Crippen LogP contribution in [-0.2, 0) is 9.53 Å². The fourth-order valence-electron chi connectivity index (χ4n) is 3.02. The first kappa shape index (κ1) is 17.5. The molecule has 1 unspecified atom stereocenters. The lowest BCUT2D eigenvalue weighted by molar-refractivity contribution is -0.141. The standard InChI is InChI=1S/C9H19N.C8H14O2/c1-8(2)9-4-6-10(3)7-5-9;1-6(2)5-7-3-4-10-8(7)9/h8-9H,4-7H2,1-3H3;6-7H,3-5H2,1-2H3. The Morgan fingerprint density at radius 3 is 2.15 bits per heavy atom. The van der Waals surface area contributed by atoms with E-state index in [1.54, 1.807) is 0 Å². The van der Waals surface area contributed by atoms with E-state index < -0.39 is 0 Å². The second-order valence-electron chi connectivity index (χ2n) is 7.17. The number of piperidine rings is 1. The van der Waals surface area contributed by atoms with Gasteiger partial charge in [0.15, 0.2) is 0 Å². The molecular formula is C17H33NO2. The summed E-state index contributed by atoms with van der Waals surface area (Å²) in [5, 5.41) is 0. The molecule has 1 atom stereocenters. The van der Waals surface area contributed by atoms with Gasteiger partial charge in [-0.05, 0) is 63.6 Å². The largest absolute Gasteiger partial charge is 0.465 e. The van der Waals surface area contributed by atoms with E-state index in [-0.39, 0.29) is 11.9 Å². The minimum Gasteiger partial charge on any atom is -0.465 e. The molecule has 0 amide bonds. The second kappa shape index (κ2) is 8.66. The molecule has 2 heterocycles. The van der Waals surface area contributed by atoms with Crippen LogP contribution in [0.3, 0.4) is 0 Å². The average molecular weight is 283 g/mol. The summed E-state index contributed by atoms with van der Waals surface area (Å²) in [6.45, 7) is 12.2. The van der Waals surface area contributed by atoms with Gasteiger partial charge in [0.25, 0.3) is 0 Å². The first-order valence-corrected chi connectivity index (χ1v) is 8.25. The van der Waals surface area contributed by atoms with Gasteiger partial charge in [0.2, 0.25) is 0 Å². The zero-order chi connectivity index (χ0) is 15.1. The van der Waals surface area contributed by atoms with Gasteiger partial charge in [0, 0.05) is 0 Å². The Balaban J connectivity index is 0.000000200. The zero-order valence-electron chi connectivity index (χ0n) is 14.0. The van der Waals surface area contributed by atoms with Gasteiger partial charge in [-0.1, -0.05) is 27.7 Å². The van der Waals surface area contributed by atoms with E-state index in [4.69, 9.17) is 4.74 Å². The molecule has 0 aromatic carbocycles. The van der Waals surface area contributed by atoms with E-state index in [1.807, 2.05) is 0 Å². The van der Waals surface area contributed by atoms with Crippen LogP contribution in [-0.4, -0.2) is 37.6 Å². The highest BCUT2D eigenvalue weighted by molar-refractivity contribution is 5.74. The maximum atomic E-state index is 10.9. The topological polar surface area (TPSA) is 29.5 Å². The Morgan fingerprint density at radius 2 is 1.75 bits per heavy atom. The molecule has 3 nitrogen and oxygen atoms in total. The van der Waals surface area contributed by atoms with Crippen LogP contribution in [0.1, 0.15) is 53.4 Å². The van der Waals surface area contributed by atoms with Crippen molar-refractivity contribution >= 4 is 5.97 Å². The maximum Gasteiger partial charge on any atom is 0.309 e. The van der Waals surface area contributed by atoms with Crippen LogP contribution in [0.15, 0.2) is 0 Å². The van der Waals surface area contributed by atoms with E-state index in [1.165, 1.54) is 25.9 Å². The first-order valence-electron chi connectivity index (χ1n) is 8.25. The van der Waals surface area contributed by atoms with E-state index in [2.05, 4.69) is 39.6 Å². The minimum absolute atomic E-state index is 0.00806. The lowest BCUT2D eigenvalue weighted by Gasteiger charge is -2.31. The third kappa shape index (κ3) is 6.25. The molecule has 0 saturated carbocycles. The predicted octanol–water partition coefficient (Wildman–Crippen LogP) is 3.58. The number of ether oxygens (including phenoxy) is 1. The number of hydrogen-bond acceptors (Lipinski definition) is 3. The van der Waals surface area contributed by atoms with Crippen LogP contribution in [0.2, 0.25) is 0 Å². The first-order chi connectivity index (χ1) is 9.40. The van der Waals surface area contributed by atoms with Crippen molar-refractivity contribution in [2.45, 2.75) is 53.4 Å². The molecule has 2 saturated heterocycles. The lowest BCUT2D eigenvalue weighted by atomic mass is 9.87. The monoisotopic (exact) mass is 283 g/mol. The second-order valence-corrected chi connectivity index (χ2v) is 7.17. The van der Waals surface area contributed by atoms with Crippen LogP contribution in [0.5, 0.6) is 0 Å². The Bertz CT molecular complexity index is 281. The number of nitrogens with zero attached hydrogens (tertiary/aromatic N) is 1. The third-order valence-corrected chi connectivity index (χ3v) is 4.51. The lowest BCUT2D eigenvalue weighted by Crippen LogP contribution is -2.32. The van der Waals surface area contributed by atoms with Crippen LogP contribution in [0.25, 0.3) is 0 Å². The van der Waals surface area contributed by atoms with Gasteiger partial charge in [0.1, 0.15) is 0 Å². The molecule has 0 bridgehead atoms. The quantitative estimate of drug-likeness (QED) is 0.741. The molecule has 0 N–H and O–H groups in total. The van der Waals surface area contributed by atoms with Crippen molar-refractivity contribution in [3.63, 3.8) is 0 Å².